The molecule has 2 aromatic carbocycles. The summed E-state index contributed by atoms with van der Waals surface area (Å²) in [5, 5.41) is 3.28. The lowest BCUT2D eigenvalue weighted by atomic mass is 10.1. The standard InChI is InChI=1S/C24H21N3O3S/c1-14-9-7-8-12-18(14)26-22(29)21-15(2)19-23(31-21)25-13-27(24(19)30)16(3)20(28)17-10-5-4-6-11-17/h4-13,16H,1-3H3,(H,26,29)/t16-/m1/s1. The number of anilines is 1. The molecule has 0 spiro atoms. The molecule has 0 saturated carbocycles. The van der Waals surface area contributed by atoms with E-state index in [2.05, 4.69) is 10.3 Å². The predicted molar refractivity (Wildman–Crippen MR) is 123 cm³/mol. The summed E-state index contributed by atoms with van der Waals surface area (Å²) in [4.78, 5) is 44.2. The van der Waals surface area contributed by atoms with Gasteiger partial charge in [-0.3, -0.25) is 19.0 Å². The number of hydrogen-bond donors (Lipinski definition) is 1. The van der Waals surface area contributed by atoms with Crippen molar-refractivity contribution >= 4 is 38.9 Å². The SMILES string of the molecule is Cc1ccccc1NC(=O)c1sc2ncn([C@H](C)C(=O)c3ccccc3)c(=O)c2c1C. The molecule has 0 aliphatic rings. The minimum atomic E-state index is -0.713. The van der Waals surface area contributed by atoms with Crippen LogP contribution in [0.1, 0.15) is 44.1 Å². The van der Waals surface area contributed by atoms with Gasteiger partial charge >= 0.3 is 0 Å². The molecule has 4 rings (SSSR count). The second-order valence-electron chi connectivity index (χ2n) is 7.37. The first-order valence-electron chi connectivity index (χ1n) is 9.85. The number of benzene rings is 2. The second kappa shape index (κ2) is 8.28. The highest BCUT2D eigenvalue weighted by molar-refractivity contribution is 7.20. The van der Waals surface area contributed by atoms with Crippen molar-refractivity contribution in [2.75, 3.05) is 5.32 Å². The van der Waals surface area contributed by atoms with Gasteiger partial charge in [-0.15, -0.1) is 11.3 Å². The number of ketones is 1. The van der Waals surface area contributed by atoms with E-state index in [4.69, 9.17) is 0 Å². The molecule has 156 valence electrons. The van der Waals surface area contributed by atoms with Crippen molar-refractivity contribution in [2.24, 2.45) is 0 Å². The molecule has 1 amide bonds. The Labute approximate surface area is 183 Å². The quantitative estimate of drug-likeness (QED) is 0.462. The third-order valence-electron chi connectivity index (χ3n) is 5.33. The van der Waals surface area contributed by atoms with E-state index < -0.39 is 6.04 Å². The molecular formula is C24H21N3O3S. The largest absolute Gasteiger partial charge is 0.321 e. The van der Waals surface area contributed by atoms with E-state index in [1.807, 2.05) is 37.3 Å². The van der Waals surface area contributed by atoms with Crippen LogP contribution in [0.4, 0.5) is 5.69 Å². The average molecular weight is 432 g/mol. The summed E-state index contributed by atoms with van der Waals surface area (Å²) in [7, 11) is 0. The predicted octanol–water partition coefficient (Wildman–Crippen LogP) is 4.77. The number of aromatic nitrogens is 2. The Kier molecular flexibility index (Phi) is 5.52. The van der Waals surface area contributed by atoms with Crippen molar-refractivity contribution in [3.63, 3.8) is 0 Å². The third-order valence-corrected chi connectivity index (χ3v) is 6.53. The van der Waals surface area contributed by atoms with Crippen molar-refractivity contribution in [2.45, 2.75) is 26.8 Å². The normalized spacial score (nSPS) is 12.0. The van der Waals surface area contributed by atoms with Crippen molar-refractivity contribution in [3.05, 3.63) is 92.8 Å². The van der Waals surface area contributed by atoms with E-state index in [1.165, 1.54) is 22.2 Å². The van der Waals surface area contributed by atoms with E-state index >= 15 is 0 Å². The van der Waals surface area contributed by atoms with Crippen LogP contribution in [0.3, 0.4) is 0 Å². The monoisotopic (exact) mass is 431 g/mol. The van der Waals surface area contributed by atoms with Crippen LogP contribution >= 0.6 is 11.3 Å². The van der Waals surface area contributed by atoms with E-state index in [0.29, 0.717) is 26.2 Å². The molecule has 2 aromatic heterocycles. The fourth-order valence-electron chi connectivity index (χ4n) is 3.49. The number of fused-ring (bicyclic) bond motifs is 1. The van der Waals surface area contributed by atoms with E-state index in [0.717, 1.165) is 11.3 Å². The van der Waals surface area contributed by atoms with Crippen molar-refractivity contribution in [1.29, 1.82) is 0 Å². The molecular weight excluding hydrogens is 410 g/mol. The van der Waals surface area contributed by atoms with Crippen molar-refractivity contribution < 1.29 is 9.59 Å². The smallest absolute Gasteiger partial charge is 0.266 e. The van der Waals surface area contributed by atoms with Gasteiger partial charge in [-0.05, 0) is 38.0 Å². The van der Waals surface area contributed by atoms with Crippen LogP contribution in [0, 0.1) is 13.8 Å². The molecule has 7 heteroatoms. The topological polar surface area (TPSA) is 81.1 Å². The highest BCUT2D eigenvalue weighted by Crippen LogP contribution is 2.28. The van der Waals surface area contributed by atoms with Gasteiger partial charge in [0.15, 0.2) is 5.78 Å². The molecule has 31 heavy (non-hydrogen) atoms. The molecule has 1 atom stereocenters. The van der Waals surface area contributed by atoms with Gasteiger partial charge in [-0.25, -0.2) is 4.98 Å². The summed E-state index contributed by atoms with van der Waals surface area (Å²) < 4.78 is 1.33. The van der Waals surface area contributed by atoms with Gasteiger partial charge in [0.1, 0.15) is 4.83 Å². The number of hydrogen-bond acceptors (Lipinski definition) is 5. The number of thiophene rings is 1. The van der Waals surface area contributed by atoms with Crippen LogP contribution in [0.25, 0.3) is 10.2 Å². The molecule has 0 aliphatic heterocycles. The van der Waals surface area contributed by atoms with E-state index in [-0.39, 0.29) is 17.2 Å². The van der Waals surface area contributed by atoms with Gasteiger partial charge in [0.05, 0.1) is 22.6 Å². The van der Waals surface area contributed by atoms with Crippen LogP contribution in [-0.2, 0) is 0 Å². The van der Waals surface area contributed by atoms with Gasteiger partial charge in [0.25, 0.3) is 11.5 Å². The van der Waals surface area contributed by atoms with E-state index in [9.17, 15) is 14.4 Å². The highest BCUT2D eigenvalue weighted by atomic mass is 32.1. The number of nitrogens with one attached hydrogen (secondary N) is 1. The molecule has 4 aromatic rings. The summed E-state index contributed by atoms with van der Waals surface area (Å²) in [5.41, 5.74) is 2.44. The van der Waals surface area contributed by atoms with Gasteiger partial charge in [-0.1, -0.05) is 48.5 Å². The Morgan fingerprint density at radius 1 is 1.03 bits per heavy atom. The zero-order valence-corrected chi connectivity index (χ0v) is 18.2. The van der Waals surface area contributed by atoms with Crippen LogP contribution in [0.5, 0.6) is 0 Å². The van der Waals surface area contributed by atoms with Gasteiger partial charge in [0.2, 0.25) is 0 Å². The van der Waals surface area contributed by atoms with Gasteiger partial charge in [0, 0.05) is 11.3 Å². The maximum absolute atomic E-state index is 13.2. The van der Waals surface area contributed by atoms with Crippen molar-refractivity contribution in [3.8, 4) is 0 Å². The molecule has 1 N–H and O–H groups in total. The van der Waals surface area contributed by atoms with Gasteiger partial charge in [-0.2, -0.15) is 0 Å². The summed E-state index contributed by atoms with van der Waals surface area (Å²) in [6.07, 6.45) is 1.38. The first-order chi connectivity index (χ1) is 14.9. The molecule has 6 nitrogen and oxygen atoms in total. The summed E-state index contributed by atoms with van der Waals surface area (Å²) in [5.74, 6) is -0.455. The van der Waals surface area contributed by atoms with Crippen LogP contribution < -0.4 is 10.9 Å². The molecule has 0 fully saturated rings. The Morgan fingerprint density at radius 3 is 2.42 bits per heavy atom. The lowest BCUT2D eigenvalue weighted by Gasteiger charge is -2.13. The van der Waals surface area contributed by atoms with Crippen LogP contribution in [0.15, 0.2) is 65.7 Å². The first-order valence-corrected chi connectivity index (χ1v) is 10.7. The zero-order valence-electron chi connectivity index (χ0n) is 17.4. The first kappa shape index (κ1) is 20.7. The summed E-state index contributed by atoms with van der Waals surface area (Å²) in [6, 6.07) is 15.6. The minimum Gasteiger partial charge on any atom is -0.321 e. The number of carbonyl (C=O) groups excluding carboxylic acids is 2. The maximum atomic E-state index is 13.2. The molecule has 0 aliphatic carbocycles. The second-order valence-corrected chi connectivity index (χ2v) is 8.37. The number of para-hydroxylation sites is 1. The number of aryl methyl sites for hydroxylation is 2. The fraction of sp³-hybridized carbons (Fsp3) is 0.167. The molecule has 2 heterocycles. The Bertz CT molecular complexity index is 1360. The average Bonchev–Trinajstić information content (AvgIpc) is 3.12. The number of amides is 1. The highest BCUT2D eigenvalue weighted by Gasteiger charge is 2.23. The van der Waals surface area contributed by atoms with Crippen LogP contribution in [-0.4, -0.2) is 21.2 Å². The van der Waals surface area contributed by atoms with Gasteiger partial charge < -0.3 is 5.32 Å². The van der Waals surface area contributed by atoms with Crippen molar-refractivity contribution in [1.82, 2.24) is 9.55 Å². The molecule has 0 bridgehead atoms. The van der Waals surface area contributed by atoms with Crippen LogP contribution in [0.2, 0.25) is 0 Å². The lowest BCUT2D eigenvalue weighted by Crippen LogP contribution is -2.28. The van der Waals surface area contributed by atoms with E-state index in [1.54, 1.807) is 38.1 Å². The Hall–Kier alpha value is -3.58. The Morgan fingerprint density at radius 2 is 1.71 bits per heavy atom. The molecule has 0 saturated heterocycles. The number of Topliss-reactive ketones (excluding diaryl/α,β-unsaturated/α-hetero) is 1. The number of carbonyl (C=O) groups is 2. The Balaban J connectivity index is 1.71. The summed E-state index contributed by atoms with van der Waals surface area (Å²) in [6.45, 7) is 5.33. The summed E-state index contributed by atoms with van der Waals surface area (Å²) >= 11 is 1.18. The third kappa shape index (κ3) is 3.80. The fourth-order valence-corrected chi connectivity index (χ4v) is 4.53. The maximum Gasteiger partial charge on any atom is 0.266 e. The zero-order chi connectivity index (χ0) is 22.1. The molecule has 0 unspecified atom stereocenters. The minimum absolute atomic E-state index is 0.172. The lowest BCUT2D eigenvalue weighted by molar-refractivity contribution is 0.0932. The number of nitrogens with zero attached hydrogens (tertiary/aromatic N) is 2. The number of rotatable bonds is 5. The molecule has 0 radical (unpaired) electrons.